The molecule has 154 valence electrons. The molecule has 0 aromatic heterocycles. The Hall–Kier alpha value is -2.96. The van der Waals surface area contributed by atoms with Gasteiger partial charge in [0.05, 0.1) is 4.90 Å². The Morgan fingerprint density at radius 1 is 0.767 bits per heavy atom. The molecule has 4 rings (SSSR count). The summed E-state index contributed by atoms with van der Waals surface area (Å²) >= 11 is 0. The van der Waals surface area contributed by atoms with Crippen LogP contribution in [-0.2, 0) is 10.0 Å². The lowest BCUT2D eigenvalue weighted by Crippen LogP contribution is -2.35. The second-order valence-electron chi connectivity index (χ2n) is 7.39. The lowest BCUT2D eigenvalue weighted by molar-refractivity contribution is 0.102. The van der Waals surface area contributed by atoms with E-state index in [1.165, 1.54) is 0 Å². The van der Waals surface area contributed by atoms with Crippen LogP contribution in [0.25, 0.3) is 11.1 Å². The highest BCUT2D eigenvalue weighted by molar-refractivity contribution is 7.89. The van der Waals surface area contributed by atoms with Crippen LogP contribution in [0.2, 0.25) is 0 Å². The minimum absolute atomic E-state index is 0.188. The Morgan fingerprint density at radius 2 is 1.47 bits per heavy atom. The summed E-state index contributed by atoms with van der Waals surface area (Å²) in [7, 11) is -3.45. The van der Waals surface area contributed by atoms with E-state index in [4.69, 9.17) is 0 Å². The first-order valence-corrected chi connectivity index (χ1v) is 11.6. The second-order valence-corrected chi connectivity index (χ2v) is 9.33. The van der Waals surface area contributed by atoms with E-state index in [1.54, 1.807) is 34.6 Å². The van der Waals surface area contributed by atoms with Gasteiger partial charge in [-0.05, 0) is 60.4 Å². The second kappa shape index (κ2) is 8.81. The molecule has 3 aromatic rings. The summed E-state index contributed by atoms with van der Waals surface area (Å²) in [5, 5.41) is 2.88. The van der Waals surface area contributed by atoms with Crippen molar-refractivity contribution in [1.82, 2.24) is 4.31 Å². The van der Waals surface area contributed by atoms with E-state index in [0.29, 0.717) is 23.5 Å². The highest BCUT2D eigenvalue weighted by Crippen LogP contribution is 2.25. The summed E-state index contributed by atoms with van der Waals surface area (Å²) in [6, 6.07) is 23.5. The first kappa shape index (κ1) is 20.3. The minimum atomic E-state index is -3.45. The molecular formula is C24H24N2O3S. The standard InChI is InChI=1S/C24H24N2O3S/c27-24(25-22-10-3-1-4-11-22)21-9-7-8-20(18-21)19-12-14-23(15-13-19)30(28,29)26-16-5-2-6-17-26/h1,3-4,7-15,18H,2,5-6,16-17H2,(H,25,27). The van der Waals surface area contributed by atoms with E-state index in [2.05, 4.69) is 5.32 Å². The summed E-state index contributed by atoms with van der Waals surface area (Å²) in [5.41, 5.74) is 3.00. The number of carbonyl (C=O) groups excluding carboxylic acids is 1. The monoisotopic (exact) mass is 420 g/mol. The number of sulfonamides is 1. The van der Waals surface area contributed by atoms with E-state index in [9.17, 15) is 13.2 Å². The number of carbonyl (C=O) groups is 1. The van der Waals surface area contributed by atoms with Crippen molar-refractivity contribution >= 4 is 21.6 Å². The molecular weight excluding hydrogens is 396 g/mol. The predicted molar refractivity (Wildman–Crippen MR) is 119 cm³/mol. The third-order valence-electron chi connectivity index (χ3n) is 5.30. The molecule has 0 unspecified atom stereocenters. The Labute approximate surface area is 177 Å². The zero-order chi connectivity index (χ0) is 21.0. The summed E-state index contributed by atoms with van der Waals surface area (Å²) in [6.45, 7) is 1.17. The average Bonchev–Trinajstić information content (AvgIpc) is 2.80. The van der Waals surface area contributed by atoms with Crippen molar-refractivity contribution in [3.63, 3.8) is 0 Å². The van der Waals surface area contributed by atoms with Crippen molar-refractivity contribution in [3.8, 4) is 11.1 Å². The van der Waals surface area contributed by atoms with Crippen LogP contribution in [0, 0.1) is 0 Å². The fourth-order valence-corrected chi connectivity index (χ4v) is 5.16. The van der Waals surface area contributed by atoms with Crippen molar-refractivity contribution in [3.05, 3.63) is 84.4 Å². The van der Waals surface area contributed by atoms with Crippen LogP contribution in [0.3, 0.4) is 0 Å². The number of hydrogen-bond donors (Lipinski definition) is 1. The quantitative estimate of drug-likeness (QED) is 0.646. The lowest BCUT2D eigenvalue weighted by Gasteiger charge is -2.25. The zero-order valence-corrected chi connectivity index (χ0v) is 17.4. The van der Waals surface area contributed by atoms with Gasteiger partial charge >= 0.3 is 0 Å². The number of benzene rings is 3. The Balaban J connectivity index is 1.53. The largest absolute Gasteiger partial charge is 0.322 e. The van der Waals surface area contributed by atoms with Gasteiger partial charge in [0.2, 0.25) is 10.0 Å². The first-order chi connectivity index (χ1) is 14.5. The lowest BCUT2D eigenvalue weighted by atomic mass is 10.0. The molecule has 0 atom stereocenters. The molecule has 0 bridgehead atoms. The van der Waals surface area contributed by atoms with Gasteiger partial charge in [0.1, 0.15) is 0 Å². The summed E-state index contributed by atoms with van der Waals surface area (Å²) in [6.07, 6.45) is 2.91. The molecule has 1 fully saturated rings. The maximum atomic E-state index is 12.8. The minimum Gasteiger partial charge on any atom is -0.322 e. The van der Waals surface area contributed by atoms with Crippen LogP contribution in [-0.4, -0.2) is 31.7 Å². The maximum Gasteiger partial charge on any atom is 0.255 e. The molecule has 30 heavy (non-hydrogen) atoms. The van der Waals surface area contributed by atoms with Gasteiger partial charge in [0, 0.05) is 24.3 Å². The van der Waals surface area contributed by atoms with Crippen LogP contribution in [0.4, 0.5) is 5.69 Å². The SMILES string of the molecule is O=C(Nc1ccccc1)c1cccc(-c2ccc(S(=O)(=O)N3CCCCC3)cc2)c1. The molecule has 0 saturated carbocycles. The van der Waals surface area contributed by atoms with Gasteiger partial charge in [-0.25, -0.2) is 8.42 Å². The zero-order valence-electron chi connectivity index (χ0n) is 16.6. The Kier molecular flexibility index (Phi) is 5.97. The molecule has 1 N–H and O–H groups in total. The van der Waals surface area contributed by atoms with Crippen LogP contribution in [0.5, 0.6) is 0 Å². The third kappa shape index (κ3) is 4.45. The first-order valence-electron chi connectivity index (χ1n) is 10.1. The number of amides is 1. The van der Waals surface area contributed by atoms with Crippen molar-refractivity contribution in [2.24, 2.45) is 0 Å². The van der Waals surface area contributed by atoms with E-state index in [1.807, 2.05) is 48.5 Å². The third-order valence-corrected chi connectivity index (χ3v) is 7.21. The summed E-state index contributed by atoms with van der Waals surface area (Å²) in [5.74, 6) is -0.188. The van der Waals surface area contributed by atoms with E-state index >= 15 is 0 Å². The predicted octanol–water partition coefficient (Wildman–Crippen LogP) is 4.78. The number of nitrogens with zero attached hydrogens (tertiary/aromatic N) is 1. The number of para-hydroxylation sites is 1. The molecule has 6 heteroatoms. The normalized spacial score (nSPS) is 14.9. The average molecular weight is 421 g/mol. The fourth-order valence-electron chi connectivity index (χ4n) is 3.64. The summed E-state index contributed by atoms with van der Waals surface area (Å²) in [4.78, 5) is 12.9. The number of hydrogen-bond acceptors (Lipinski definition) is 3. The van der Waals surface area contributed by atoms with Crippen molar-refractivity contribution in [2.45, 2.75) is 24.2 Å². The maximum absolute atomic E-state index is 12.8. The van der Waals surface area contributed by atoms with E-state index in [0.717, 1.165) is 36.1 Å². The molecule has 1 aliphatic heterocycles. The van der Waals surface area contributed by atoms with Gasteiger partial charge in [-0.15, -0.1) is 0 Å². The highest BCUT2D eigenvalue weighted by atomic mass is 32.2. The Bertz CT molecular complexity index is 1120. The number of anilines is 1. The molecule has 0 radical (unpaired) electrons. The molecule has 5 nitrogen and oxygen atoms in total. The molecule has 1 heterocycles. The number of piperidine rings is 1. The van der Waals surface area contributed by atoms with Gasteiger partial charge in [-0.2, -0.15) is 4.31 Å². The van der Waals surface area contributed by atoms with Gasteiger partial charge in [0.25, 0.3) is 5.91 Å². The summed E-state index contributed by atoms with van der Waals surface area (Å²) < 4.78 is 27.2. The molecule has 3 aromatic carbocycles. The Morgan fingerprint density at radius 3 is 2.17 bits per heavy atom. The molecule has 1 amide bonds. The van der Waals surface area contributed by atoms with Gasteiger partial charge in [-0.3, -0.25) is 4.79 Å². The van der Waals surface area contributed by atoms with Crippen molar-refractivity contribution in [2.75, 3.05) is 18.4 Å². The van der Waals surface area contributed by atoms with Crippen molar-refractivity contribution in [1.29, 1.82) is 0 Å². The van der Waals surface area contributed by atoms with E-state index < -0.39 is 10.0 Å². The smallest absolute Gasteiger partial charge is 0.255 e. The number of rotatable bonds is 5. The van der Waals surface area contributed by atoms with Crippen LogP contribution in [0.1, 0.15) is 29.6 Å². The van der Waals surface area contributed by atoms with Crippen LogP contribution in [0.15, 0.2) is 83.8 Å². The van der Waals surface area contributed by atoms with Crippen LogP contribution < -0.4 is 5.32 Å². The molecule has 0 aliphatic carbocycles. The molecule has 0 spiro atoms. The van der Waals surface area contributed by atoms with Gasteiger partial charge in [0.15, 0.2) is 0 Å². The van der Waals surface area contributed by atoms with Crippen molar-refractivity contribution < 1.29 is 13.2 Å². The highest BCUT2D eigenvalue weighted by Gasteiger charge is 2.25. The van der Waals surface area contributed by atoms with E-state index in [-0.39, 0.29) is 5.91 Å². The fraction of sp³-hybridized carbons (Fsp3) is 0.208. The molecule has 1 aliphatic rings. The van der Waals surface area contributed by atoms with Gasteiger partial charge < -0.3 is 5.32 Å². The molecule has 1 saturated heterocycles. The topological polar surface area (TPSA) is 66.5 Å². The number of nitrogens with one attached hydrogen (secondary N) is 1. The van der Waals surface area contributed by atoms with Gasteiger partial charge in [-0.1, -0.05) is 48.9 Å². The van der Waals surface area contributed by atoms with Crippen LogP contribution >= 0.6 is 0 Å².